The summed E-state index contributed by atoms with van der Waals surface area (Å²) < 4.78 is 14.2. The van der Waals surface area contributed by atoms with Crippen molar-refractivity contribution in [2.45, 2.75) is 45.6 Å². The minimum Gasteiger partial charge on any atom is -0.336 e. The molecule has 1 aromatic rings. The van der Waals surface area contributed by atoms with Crippen molar-refractivity contribution >= 4 is 5.91 Å². The van der Waals surface area contributed by atoms with Crippen molar-refractivity contribution in [1.82, 2.24) is 4.90 Å². The average Bonchev–Trinajstić information content (AvgIpc) is 2.51. The van der Waals surface area contributed by atoms with Gasteiger partial charge in [0.1, 0.15) is 5.82 Å². The molecule has 3 nitrogen and oxygen atoms in total. The van der Waals surface area contributed by atoms with E-state index >= 15 is 0 Å². The van der Waals surface area contributed by atoms with Gasteiger partial charge in [0.15, 0.2) is 0 Å². The summed E-state index contributed by atoms with van der Waals surface area (Å²) in [5.74, 6) is -0.277. The van der Waals surface area contributed by atoms with Crippen LogP contribution in [0.4, 0.5) is 4.39 Å². The highest BCUT2D eigenvalue weighted by Crippen LogP contribution is 2.29. The summed E-state index contributed by atoms with van der Waals surface area (Å²) in [5, 5.41) is 0. The van der Waals surface area contributed by atoms with E-state index in [9.17, 15) is 9.18 Å². The quantitative estimate of drug-likeness (QED) is 0.927. The number of benzene rings is 1. The zero-order valence-electron chi connectivity index (χ0n) is 12.9. The van der Waals surface area contributed by atoms with Crippen LogP contribution in [0.2, 0.25) is 0 Å². The predicted octanol–water partition coefficient (Wildman–Crippen LogP) is 3.11. The number of hydrogen-bond acceptors (Lipinski definition) is 2. The molecule has 4 heteroatoms. The van der Waals surface area contributed by atoms with Gasteiger partial charge in [-0.2, -0.15) is 0 Å². The molecule has 1 fully saturated rings. The molecule has 21 heavy (non-hydrogen) atoms. The molecule has 116 valence electrons. The molecule has 1 aliphatic carbocycles. The Morgan fingerprint density at radius 1 is 1.38 bits per heavy atom. The molecule has 1 saturated carbocycles. The summed E-state index contributed by atoms with van der Waals surface area (Å²) in [6.07, 6.45) is 4.31. The van der Waals surface area contributed by atoms with Gasteiger partial charge in [-0.25, -0.2) is 4.39 Å². The summed E-state index contributed by atoms with van der Waals surface area (Å²) in [6.45, 7) is 4.82. The number of rotatable bonds is 4. The standard InChI is InChI=1S/C17H25FN2O/c1-3-20(15-10-5-4-8-13(15)11-19)17(21)14-9-6-7-12(2)16(14)18/h6-7,9,13,15H,3-5,8,10-11,19H2,1-2H3. The largest absolute Gasteiger partial charge is 0.336 e. The fourth-order valence-electron chi connectivity index (χ4n) is 3.37. The van der Waals surface area contributed by atoms with E-state index < -0.39 is 5.82 Å². The molecule has 0 bridgehead atoms. The molecule has 1 amide bonds. The highest BCUT2D eigenvalue weighted by molar-refractivity contribution is 5.95. The fraction of sp³-hybridized carbons (Fsp3) is 0.588. The normalized spacial score (nSPS) is 22.1. The molecule has 2 unspecified atom stereocenters. The monoisotopic (exact) mass is 292 g/mol. The lowest BCUT2D eigenvalue weighted by Crippen LogP contribution is -2.48. The van der Waals surface area contributed by atoms with Crippen LogP contribution in [-0.4, -0.2) is 29.9 Å². The number of hydrogen-bond donors (Lipinski definition) is 1. The second kappa shape index (κ2) is 7.03. The zero-order chi connectivity index (χ0) is 15.4. The van der Waals surface area contributed by atoms with Crippen molar-refractivity contribution in [2.24, 2.45) is 11.7 Å². The van der Waals surface area contributed by atoms with Crippen molar-refractivity contribution < 1.29 is 9.18 Å². The van der Waals surface area contributed by atoms with Crippen LogP contribution < -0.4 is 5.73 Å². The van der Waals surface area contributed by atoms with Gasteiger partial charge >= 0.3 is 0 Å². The van der Waals surface area contributed by atoms with Gasteiger partial charge in [0, 0.05) is 12.6 Å². The minimum atomic E-state index is -0.402. The van der Waals surface area contributed by atoms with E-state index in [1.54, 1.807) is 25.1 Å². The number of carbonyl (C=O) groups excluding carboxylic acids is 1. The SMILES string of the molecule is CCN(C(=O)c1cccc(C)c1F)C1CCCCC1CN. The molecule has 0 aliphatic heterocycles. The first kappa shape index (κ1) is 16.0. The molecule has 2 atom stereocenters. The zero-order valence-corrected chi connectivity index (χ0v) is 12.9. The van der Waals surface area contributed by atoms with Crippen molar-refractivity contribution in [2.75, 3.05) is 13.1 Å². The summed E-state index contributed by atoms with van der Waals surface area (Å²) in [7, 11) is 0. The lowest BCUT2D eigenvalue weighted by Gasteiger charge is -2.39. The maximum atomic E-state index is 14.2. The highest BCUT2D eigenvalue weighted by atomic mass is 19.1. The third-order valence-corrected chi connectivity index (χ3v) is 4.60. The fourth-order valence-corrected chi connectivity index (χ4v) is 3.37. The minimum absolute atomic E-state index is 0.140. The highest BCUT2D eigenvalue weighted by Gasteiger charge is 2.32. The van der Waals surface area contributed by atoms with E-state index in [1.165, 1.54) is 6.42 Å². The second-order valence-electron chi connectivity index (χ2n) is 5.88. The first-order valence-corrected chi connectivity index (χ1v) is 7.86. The van der Waals surface area contributed by atoms with E-state index in [0.29, 0.717) is 24.6 Å². The Hall–Kier alpha value is -1.42. The van der Waals surface area contributed by atoms with Crippen LogP contribution in [0.25, 0.3) is 0 Å². The average molecular weight is 292 g/mol. The molecule has 2 rings (SSSR count). The lowest BCUT2D eigenvalue weighted by atomic mass is 9.83. The first-order valence-electron chi connectivity index (χ1n) is 7.86. The van der Waals surface area contributed by atoms with Crippen molar-refractivity contribution in [1.29, 1.82) is 0 Å². The van der Waals surface area contributed by atoms with Crippen LogP contribution in [-0.2, 0) is 0 Å². The first-order chi connectivity index (χ1) is 10.1. The van der Waals surface area contributed by atoms with Crippen molar-refractivity contribution in [3.8, 4) is 0 Å². The Morgan fingerprint density at radius 3 is 2.76 bits per heavy atom. The van der Waals surface area contributed by atoms with Crippen LogP contribution in [0.1, 0.15) is 48.5 Å². The van der Waals surface area contributed by atoms with Crippen LogP contribution in [0.15, 0.2) is 18.2 Å². The Labute approximate surface area is 126 Å². The van der Waals surface area contributed by atoms with Crippen LogP contribution in [0.5, 0.6) is 0 Å². The Kier molecular flexibility index (Phi) is 5.34. The van der Waals surface area contributed by atoms with E-state index in [0.717, 1.165) is 19.3 Å². The second-order valence-corrected chi connectivity index (χ2v) is 5.88. The molecular weight excluding hydrogens is 267 g/mol. The van der Waals surface area contributed by atoms with Gasteiger partial charge in [-0.3, -0.25) is 4.79 Å². The molecule has 0 spiro atoms. The lowest BCUT2D eigenvalue weighted by molar-refractivity contribution is 0.0555. The summed E-state index contributed by atoms with van der Waals surface area (Å²) >= 11 is 0. The van der Waals surface area contributed by atoms with Crippen LogP contribution in [0.3, 0.4) is 0 Å². The van der Waals surface area contributed by atoms with E-state index in [4.69, 9.17) is 5.73 Å². The number of amides is 1. The Bertz CT molecular complexity index is 504. The topological polar surface area (TPSA) is 46.3 Å². The third-order valence-electron chi connectivity index (χ3n) is 4.60. The molecule has 1 aliphatic rings. The summed E-state index contributed by atoms with van der Waals surface area (Å²) in [5.41, 5.74) is 6.56. The van der Waals surface area contributed by atoms with Crippen molar-refractivity contribution in [3.05, 3.63) is 35.1 Å². The predicted molar refractivity (Wildman–Crippen MR) is 82.6 cm³/mol. The number of nitrogens with zero attached hydrogens (tertiary/aromatic N) is 1. The smallest absolute Gasteiger partial charge is 0.257 e. The molecule has 0 aromatic heterocycles. The van der Waals surface area contributed by atoms with E-state index in [1.807, 2.05) is 11.8 Å². The number of nitrogens with two attached hydrogens (primary N) is 1. The third kappa shape index (κ3) is 3.26. The van der Waals surface area contributed by atoms with Gasteiger partial charge in [-0.05, 0) is 50.8 Å². The maximum absolute atomic E-state index is 14.2. The summed E-state index contributed by atoms with van der Waals surface area (Å²) in [4.78, 5) is 14.6. The van der Waals surface area contributed by atoms with Gasteiger partial charge in [-0.1, -0.05) is 25.0 Å². The summed E-state index contributed by atoms with van der Waals surface area (Å²) in [6, 6.07) is 5.14. The van der Waals surface area contributed by atoms with Gasteiger partial charge in [0.05, 0.1) is 5.56 Å². The molecular formula is C17H25FN2O. The van der Waals surface area contributed by atoms with Crippen LogP contribution >= 0.6 is 0 Å². The van der Waals surface area contributed by atoms with Crippen LogP contribution in [0, 0.1) is 18.7 Å². The molecule has 2 N–H and O–H groups in total. The molecule has 0 heterocycles. The molecule has 0 radical (unpaired) electrons. The Morgan fingerprint density at radius 2 is 2.10 bits per heavy atom. The number of halogens is 1. The number of carbonyl (C=O) groups is 1. The van der Waals surface area contributed by atoms with E-state index in [2.05, 4.69) is 0 Å². The molecule has 1 aromatic carbocycles. The Balaban J connectivity index is 2.27. The number of aryl methyl sites for hydroxylation is 1. The van der Waals surface area contributed by atoms with Gasteiger partial charge in [0.25, 0.3) is 5.91 Å². The van der Waals surface area contributed by atoms with Gasteiger partial charge < -0.3 is 10.6 Å². The maximum Gasteiger partial charge on any atom is 0.257 e. The van der Waals surface area contributed by atoms with E-state index in [-0.39, 0.29) is 17.5 Å². The van der Waals surface area contributed by atoms with Gasteiger partial charge in [-0.15, -0.1) is 0 Å². The van der Waals surface area contributed by atoms with Gasteiger partial charge in [0.2, 0.25) is 0 Å². The van der Waals surface area contributed by atoms with Crippen molar-refractivity contribution in [3.63, 3.8) is 0 Å². The molecule has 0 saturated heterocycles.